The number of hydrogen-bond acceptors (Lipinski definition) is 3. The molecule has 0 aliphatic heterocycles. The van der Waals surface area contributed by atoms with Gasteiger partial charge in [0, 0.05) is 29.5 Å². The lowest BCUT2D eigenvalue weighted by atomic mass is 10.2. The zero-order valence-electron chi connectivity index (χ0n) is 10.2. The van der Waals surface area contributed by atoms with Crippen LogP contribution in [-0.2, 0) is 6.54 Å². The van der Waals surface area contributed by atoms with Gasteiger partial charge in [0.2, 0.25) is 0 Å². The van der Waals surface area contributed by atoms with Gasteiger partial charge in [0.25, 0.3) is 0 Å². The van der Waals surface area contributed by atoms with Gasteiger partial charge in [0.05, 0.1) is 12.9 Å². The van der Waals surface area contributed by atoms with E-state index >= 15 is 0 Å². The lowest BCUT2D eigenvalue weighted by molar-refractivity contribution is 0.325. The van der Waals surface area contributed by atoms with E-state index < -0.39 is 0 Å². The third-order valence-corrected chi connectivity index (χ3v) is 2.94. The van der Waals surface area contributed by atoms with Crippen LogP contribution >= 0.6 is 15.9 Å². The van der Waals surface area contributed by atoms with Gasteiger partial charge in [-0.15, -0.1) is 0 Å². The van der Waals surface area contributed by atoms with Crippen LogP contribution in [0.3, 0.4) is 0 Å². The van der Waals surface area contributed by atoms with E-state index in [1.54, 1.807) is 7.11 Å². The van der Waals surface area contributed by atoms with Crippen LogP contribution in [0.1, 0.15) is 12.0 Å². The van der Waals surface area contributed by atoms with Crippen molar-refractivity contribution in [3.05, 3.63) is 28.2 Å². The van der Waals surface area contributed by atoms with Crippen molar-refractivity contribution in [2.24, 2.45) is 5.73 Å². The first-order valence-corrected chi connectivity index (χ1v) is 6.16. The molecule has 0 saturated carbocycles. The minimum absolute atomic E-state index is 0.220. The number of nitrogens with one attached hydrogen (secondary N) is 1. The lowest BCUT2D eigenvalue weighted by Gasteiger charge is -2.18. The average Bonchev–Trinajstić information content (AvgIpc) is 2.27. The average molecular weight is 300 g/mol. The van der Waals surface area contributed by atoms with E-state index in [0.29, 0.717) is 6.42 Å². The molecule has 0 amide bonds. The first-order valence-electron chi connectivity index (χ1n) is 5.36. The monoisotopic (exact) mass is 299 g/mol. The van der Waals surface area contributed by atoms with Gasteiger partial charge in [-0.1, -0.05) is 15.9 Å². The van der Waals surface area contributed by atoms with Crippen LogP contribution < -0.4 is 10.5 Å². The van der Waals surface area contributed by atoms with Crippen LogP contribution in [0.4, 0.5) is 0 Å². The van der Waals surface area contributed by atoms with E-state index in [4.69, 9.17) is 15.9 Å². The molecule has 0 bridgehead atoms. The van der Waals surface area contributed by atoms with Crippen LogP contribution in [0, 0.1) is 5.41 Å². The molecule has 0 unspecified atom stereocenters. The second kappa shape index (κ2) is 6.61. The van der Waals surface area contributed by atoms with E-state index in [9.17, 15) is 0 Å². The highest BCUT2D eigenvalue weighted by Crippen LogP contribution is 2.23. The Kier molecular flexibility index (Phi) is 5.44. The second-order valence-corrected chi connectivity index (χ2v) is 4.88. The van der Waals surface area contributed by atoms with Gasteiger partial charge in [-0.2, -0.15) is 0 Å². The van der Waals surface area contributed by atoms with Crippen molar-refractivity contribution in [3.8, 4) is 5.75 Å². The Balaban J connectivity index is 2.66. The number of methoxy groups -OCH3 is 1. The Morgan fingerprint density at radius 3 is 2.82 bits per heavy atom. The molecule has 0 atom stereocenters. The number of rotatable bonds is 6. The van der Waals surface area contributed by atoms with E-state index in [0.717, 1.165) is 28.9 Å². The Labute approximate surface area is 110 Å². The number of nitrogens with two attached hydrogens (primary N) is 1. The van der Waals surface area contributed by atoms with E-state index in [-0.39, 0.29) is 5.84 Å². The maximum atomic E-state index is 7.20. The van der Waals surface area contributed by atoms with Crippen LogP contribution in [0.15, 0.2) is 22.7 Å². The summed E-state index contributed by atoms with van der Waals surface area (Å²) in [4.78, 5) is 2.12. The summed E-state index contributed by atoms with van der Waals surface area (Å²) in [5, 5.41) is 7.20. The fourth-order valence-corrected chi connectivity index (χ4v) is 1.96. The molecule has 1 aromatic rings. The van der Waals surface area contributed by atoms with Gasteiger partial charge < -0.3 is 15.4 Å². The molecule has 4 nitrogen and oxygen atoms in total. The Bertz CT molecular complexity index is 395. The van der Waals surface area contributed by atoms with Crippen LogP contribution in [0.25, 0.3) is 0 Å². The summed E-state index contributed by atoms with van der Waals surface area (Å²) in [6.45, 7) is 1.54. The molecule has 0 radical (unpaired) electrons. The quantitative estimate of drug-likeness (QED) is 0.625. The smallest absolute Gasteiger partial charge is 0.123 e. The predicted octanol–water partition coefficient (Wildman–Crippen LogP) is 2.22. The minimum atomic E-state index is 0.220. The normalized spacial score (nSPS) is 10.6. The van der Waals surface area contributed by atoms with Crippen molar-refractivity contribution in [2.75, 3.05) is 20.7 Å². The van der Waals surface area contributed by atoms with E-state index in [2.05, 4.69) is 20.8 Å². The molecule has 17 heavy (non-hydrogen) atoms. The molecule has 5 heteroatoms. The van der Waals surface area contributed by atoms with Crippen LogP contribution in [-0.4, -0.2) is 31.4 Å². The second-order valence-electron chi connectivity index (χ2n) is 3.97. The molecular formula is C12H18BrN3O. The number of halogens is 1. The molecule has 94 valence electrons. The summed E-state index contributed by atoms with van der Waals surface area (Å²) >= 11 is 3.45. The zero-order valence-corrected chi connectivity index (χ0v) is 11.8. The topological polar surface area (TPSA) is 62.3 Å². The molecule has 1 rings (SSSR count). The maximum absolute atomic E-state index is 7.20. The highest BCUT2D eigenvalue weighted by Gasteiger charge is 2.07. The fourth-order valence-electron chi connectivity index (χ4n) is 1.55. The third-order valence-electron chi connectivity index (χ3n) is 2.45. The summed E-state index contributed by atoms with van der Waals surface area (Å²) < 4.78 is 6.35. The largest absolute Gasteiger partial charge is 0.496 e. The molecular weight excluding hydrogens is 282 g/mol. The summed E-state index contributed by atoms with van der Waals surface area (Å²) in [5.74, 6) is 1.10. The van der Waals surface area contributed by atoms with Crippen molar-refractivity contribution >= 4 is 21.8 Å². The van der Waals surface area contributed by atoms with Gasteiger partial charge in [0.15, 0.2) is 0 Å². The van der Waals surface area contributed by atoms with Gasteiger partial charge in [-0.3, -0.25) is 5.41 Å². The fraction of sp³-hybridized carbons (Fsp3) is 0.417. The molecule has 0 saturated heterocycles. The Morgan fingerprint density at radius 1 is 1.53 bits per heavy atom. The highest BCUT2D eigenvalue weighted by molar-refractivity contribution is 9.10. The first kappa shape index (κ1) is 14.0. The standard InChI is InChI=1S/C12H18BrN3O/c1-16(6-5-12(14)15)8-9-7-10(13)3-4-11(9)17-2/h3-4,7H,5-6,8H2,1-2H3,(H3,14,15). The van der Waals surface area contributed by atoms with Crippen LogP contribution in [0.5, 0.6) is 5.75 Å². The number of amidine groups is 1. The first-order chi connectivity index (χ1) is 8.02. The molecule has 0 heterocycles. The minimum Gasteiger partial charge on any atom is -0.496 e. The Hall–Kier alpha value is -1.07. The highest BCUT2D eigenvalue weighted by atomic mass is 79.9. The molecule has 0 aromatic heterocycles. The lowest BCUT2D eigenvalue weighted by Crippen LogP contribution is -2.24. The molecule has 1 aromatic carbocycles. The number of hydrogen-bond donors (Lipinski definition) is 2. The zero-order chi connectivity index (χ0) is 12.8. The van der Waals surface area contributed by atoms with Crippen LogP contribution in [0.2, 0.25) is 0 Å². The molecule has 0 aliphatic rings. The predicted molar refractivity (Wildman–Crippen MR) is 73.6 cm³/mol. The third kappa shape index (κ3) is 4.75. The number of nitrogens with zero attached hydrogens (tertiary/aromatic N) is 1. The summed E-state index contributed by atoms with van der Waals surface area (Å²) in [5.41, 5.74) is 6.46. The van der Waals surface area contributed by atoms with Gasteiger partial charge in [-0.05, 0) is 25.2 Å². The summed E-state index contributed by atoms with van der Waals surface area (Å²) in [6, 6.07) is 5.94. The van der Waals surface area contributed by atoms with E-state index in [1.807, 2.05) is 25.2 Å². The number of benzene rings is 1. The summed E-state index contributed by atoms with van der Waals surface area (Å²) in [6.07, 6.45) is 0.590. The van der Waals surface area contributed by atoms with Crippen molar-refractivity contribution < 1.29 is 4.74 Å². The van der Waals surface area contributed by atoms with Crippen molar-refractivity contribution in [3.63, 3.8) is 0 Å². The van der Waals surface area contributed by atoms with Crippen molar-refractivity contribution in [1.29, 1.82) is 5.41 Å². The van der Waals surface area contributed by atoms with Gasteiger partial charge in [-0.25, -0.2) is 0 Å². The van der Waals surface area contributed by atoms with Gasteiger partial charge >= 0.3 is 0 Å². The molecule has 0 fully saturated rings. The summed E-state index contributed by atoms with van der Waals surface area (Å²) in [7, 11) is 3.67. The van der Waals surface area contributed by atoms with Crippen molar-refractivity contribution in [2.45, 2.75) is 13.0 Å². The molecule has 0 aliphatic carbocycles. The Morgan fingerprint density at radius 2 is 2.24 bits per heavy atom. The molecule has 0 spiro atoms. The molecule has 3 N–H and O–H groups in total. The number of ether oxygens (including phenoxy) is 1. The van der Waals surface area contributed by atoms with E-state index in [1.165, 1.54) is 0 Å². The van der Waals surface area contributed by atoms with Gasteiger partial charge in [0.1, 0.15) is 5.75 Å². The SMILES string of the molecule is COc1ccc(Br)cc1CN(C)CCC(=N)N. The van der Waals surface area contributed by atoms with Crippen molar-refractivity contribution in [1.82, 2.24) is 4.90 Å². The maximum Gasteiger partial charge on any atom is 0.123 e.